The van der Waals surface area contributed by atoms with Gasteiger partial charge >= 0.3 is 0 Å². The number of fused-ring (bicyclic) bond motifs is 1. The number of thiazole rings is 1. The molecular weight excluding hydrogens is 218 g/mol. The molecule has 0 amide bonds. The zero-order chi connectivity index (χ0) is 11.0. The molecule has 0 bridgehead atoms. The number of aromatic nitrogens is 1. The molecule has 2 N–H and O–H groups in total. The third-order valence-electron chi connectivity index (χ3n) is 3.11. The second kappa shape index (κ2) is 4.03. The Bertz CT molecular complexity index is 494. The van der Waals surface area contributed by atoms with E-state index in [9.17, 15) is 0 Å². The summed E-state index contributed by atoms with van der Waals surface area (Å²) in [4.78, 5) is 6.51. The molecule has 1 fully saturated rings. The van der Waals surface area contributed by atoms with E-state index in [1.54, 1.807) is 11.3 Å². The van der Waals surface area contributed by atoms with Crippen molar-refractivity contribution in [2.75, 3.05) is 11.4 Å². The molecule has 2 heterocycles. The van der Waals surface area contributed by atoms with Crippen LogP contribution >= 0.6 is 11.3 Å². The molecule has 1 atom stereocenters. The topological polar surface area (TPSA) is 42.1 Å². The highest BCUT2D eigenvalue weighted by Gasteiger charge is 2.19. The first kappa shape index (κ1) is 10.1. The maximum absolute atomic E-state index is 6.12. The van der Waals surface area contributed by atoms with Gasteiger partial charge in [-0.05, 0) is 31.4 Å². The molecule has 0 spiro atoms. The van der Waals surface area contributed by atoms with Crippen LogP contribution in [-0.2, 0) is 0 Å². The van der Waals surface area contributed by atoms with Crippen molar-refractivity contribution in [3.8, 4) is 0 Å². The van der Waals surface area contributed by atoms with Crippen LogP contribution in [0.3, 0.4) is 0 Å². The molecule has 1 aliphatic heterocycles. The molecular formula is C12H14N3S. The molecule has 0 aliphatic carbocycles. The average molecular weight is 232 g/mol. The number of hydrogen-bond acceptors (Lipinski definition) is 4. The van der Waals surface area contributed by atoms with Gasteiger partial charge in [-0.1, -0.05) is 0 Å². The van der Waals surface area contributed by atoms with Crippen molar-refractivity contribution in [1.29, 1.82) is 0 Å². The van der Waals surface area contributed by atoms with Gasteiger partial charge in [0, 0.05) is 18.3 Å². The van der Waals surface area contributed by atoms with Gasteiger partial charge in [0.15, 0.2) is 0 Å². The highest BCUT2D eigenvalue weighted by molar-refractivity contribution is 7.16. The number of hydrogen-bond donors (Lipinski definition) is 1. The summed E-state index contributed by atoms with van der Waals surface area (Å²) in [6, 6.07) is 7.40. The summed E-state index contributed by atoms with van der Waals surface area (Å²) in [7, 11) is 0. The van der Waals surface area contributed by atoms with E-state index in [0.717, 1.165) is 24.2 Å². The van der Waals surface area contributed by atoms with Crippen LogP contribution in [-0.4, -0.2) is 17.7 Å². The minimum absolute atomic E-state index is 0.148. The zero-order valence-electron chi connectivity index (χ0n) is 9.02. The van der Waals surface area contributed by atoms with E-state index < -0.39 is 0 Å². The molecule has 0 saturated carbocycles. The van der Waals surface area contributed by atoms with Gasteiger partial charge in [-0.2, -0.15) is 0 Å². The van der Waals surface area contributed by atoms with Gasteiger partial charge < -0.3 is 10.6 Å². The fourth-order valence-electron chi connectivity index (χ4n) is 2.21. The molecule has 1 aromatic carbocycles. The third kappa shape index (κ3) is 1.68. The van der Waals surface area contributed by atoms with E-state index in [2.05, 4.69) is 22.0 Å². The first-order chi connectivity index (χ1) is 7.84. The largest absolute Gasteiger partial charge is 0.356 e. The van der Waals surface area contributed by atoms with Gasteiger partial charge in [0.2, 0.25) is 0 Å². The summed E-state index contributed by atoms with van der Waals surface area (Å²) in [6.07, 6.45) is 3.69. The van der Waals surface area contributed by atoms with Crippen molar-refractivity contribution < 1.29 is 0 Å². The lowest BCUT2D eigenvalue weighted by molar-refractivity contribution is 0.470. The fraction of sp³-hybridized carbons (Fsp3) is 0.417. The van der Waals surface area contributed by atoms with Gasteiger partial charge in [0.05, 0.1) is 21.9 Å². The number of piperidine rings is 1. The molecule has 1 aromatic heterocycles. The smallest absolute Gasteiger partial charge is 0.0819 e. The van der Waals surface area contributed by atoms with Gasteiger partial charge in [-0.25, -0.2) is 4.98 Å². The predicted octanol–water partition coefficient (Wildman–Crippen LogP) is 2.37. The van der Waals surface area contributed by atoms with E-state index in [-0.39, 0.29) is 6.17 Å². The van der Waals surface area contributed by atoms with E-state index in [1.807, 2.05) is 11.6 Å². The summed E-state index contributed by atoms with van der Waals surface area (Å²) in [5.41, 5.74) is 10.1. The van der Waals surface area contributed by atoms with E-state index in [1.165, 1.54) is 17.5 Å². The standard InChI is InChI=1S/C12H14N3S/c13-12-3-1-2-6-15(12)9-4-5-10-11(7-9)16-8-14-10/h5,7-8,12H,1-3,6,13H2. The van der Waals surface area contributed by atoms with Crippen molar-refractivity contribution in [3.05, 3.63) is 23.7 Å². The van der Waals surface area contributed by atoms with Gasteiger partial charge in [-0.15, -0.1) is 11.3 Å². The van der Waals surface area contributed by atoms with Crippen LogP contribution in [0.25, 0.3) is 10.2 Å². The molecule has 1 aliphatic rings. The Labute approximate surface area is 98.9 Å². The molecule has 83 valence electrons. The average Bonchev–Trinajstić information content (AvgIpc) is 2.76. The summed E-state index contributed by atoms with van der Waals surface area (Å²) in [6.45, 7) is 1.04. The molecule has 4 heteroatoms. The Morgan fingerprint density at radius 1 is 1.50 bits per heavy atom. The fourth-order valence-corrected chi connectivity index (χ4v) is 2.90. The van der Waals surface area contributed by atoms with E-state index in [4.69, 9.17) is 5.73 Å². The van der Waals surface area contributed by atoms with Crippen LogP contribution in [0.2, 0.25) is 0 Å². The van der Waals surface area contributed by atoms with E-state index >= 15 is 0 Å². The first-order valence-corrected chi connectivity index (χ1v) is 6.50. The zero-order valence-corrected chi connectivity index (χ0v) is 9.83. The molecule has 2 aromatic rings. The Morgan fingerprint density at radius 2 is 2.44 bits per heavy atom. The number of benzene rings is 1. The maximum atomic E-state index is 6.12. The number of nitrogens with zero attached hydrogens (tertiary/aromatic N) is 2. The third-order valence-corrected chi connectivity index (χ3v) is 3.90. The predicted molar refractivity (Wildman–Crippen MR) is 67.6 cm³/mol. The van der Waals surface area contributed by atoms with Crippen LogP contribution in [0.1, 0.15) is 19.3 Å². The number of nitrogens with two attached hydrogens (primary N) is 1. The van der Waals surface area contributed by atoms with Crippen molar-refractivity contribution >= 4 is 27.2 Å². The molecule has 3 rings (SSSR count). The molecule has 1 radical (unpaired) electrons. The Morgan fingerprint density at radius 3 is 3.31 bits per heavy atom. The number of anilines is 1. The van der Waals surface area contributed by atoms with Crippen molar-refractivity contribution in [2.24, 2.45) is 5.73 Å². The van der Waals surface area contributed by atoms with Crippen LogP contribution in [0.15, 0.2) is 17.6 Å². The SMILES string of the molecule is NC1CCCCN1c1[c]cc2ncsc2c1. The summed E-state index contributed by atoms with van der Waals surface area (Å²) in [5.74, 6) is 0. The highest BCUT2D eigenvalue weighted by Crippen LogP contribution is 2.27. The van der Waals surface area contributed by atoms with Crippen LogP contribution < -0.4 is 10.6 Å². The minimum Gasteiger partial charge on any atom is -0.356 e. The molecule has 1 unspecified atom stereocenters. The van der Waals surface area contributed by atoms with Crippen molar-refractivity contribution in [3.63, 3.8) is 0 Å². The highest BCUT2D eigenvalue weighted by atomic mass is 32.1. The molecule has 3 nitrogen and oxygen atoms in total. The van der Waals surface area contributed by atoms with E-state index in [0.29, 0.717) is 0 Å². The monoisotopic (exact) mass is 232 g/mol. The summed E-state index contributed by atoms with van der Waals surface area (Å²) in [5, 5.41) is 0. The van der Waals surface area contributed by atoms with Crippen LogP contribution in [0.5, 0.6) is 0 Å². The number of rotatable bonds is 1. The van der Waals surface area contributed by atoms with Crippen LogP contribution in [0.4, 0.5) is 5.69 Å². The first-order valence-electron chi connectivity index (χ1n) is 5.62. The lowest BCUT2D eigenvalue weighted by atomic mass is 10.1. The quantitative estimate of drug-likeness (QED) is 0.820. The van der Waals surface area contributed by atoms with Crippen molar-refractivity contribution in [1.82, 2.24) is 4.98 Å². The Balaban J connectivity index is 1.97. The molecule has 1 saturated heterocycles. The normalized spacial score (nSPS) is 21.6. The summed E-state index contributed by atoms with van der Waals surface area (Å²) < 4.78 is 1.21. The second-order valence-electron chi connectivity index (χ2n) is 4.18. The maximum Gasteiger partial charge on any atom is 0.0819 e. The lowest BCUT2D eigenvalue weighted by Gasteiger charge is -2.34. The van der Waals surface area contributed by atoms with Crippen LogP contribution in [0, 0.1) is 6.07 Å². The summed E-state index contributed by atoms with van der Waals surface area (Å²) >= 11 is 1.67. The minimum atomic E-state index is 0.148. The molecule has 16 heavy (non-hydrogen) atoms. The second-order valence-corrected chi connectivity index (χ2v) is 5.06. The Kier molecular flexibility index (Phi) is 2.53. The van der Waals surface area contributed by atoms with Gasteiger partial charge in [0.25, 0.3) is 0 Å². The lowest BCUT2D eigenvalue weighted by Crippen LogP contribution is -2.45. The van der Waals surface area contributed by atoms with Crippen molar-refractivity contribution in [2.45, 2.75) is 25.4 Å². The van der Waals surface area contributed by atoms with Gasteiger partial charge in [0.1, 0.15) is 0 Å². The van der Waals surface area contributed by atoms with Gasteiger partial charge in [-0.3, -0.25) is 0 Å². The Hall–Kier alpha value is -1.13.